The molecule has 3 rings (SSSR count). The number of rotatable bonds is 12. The summed E-state index contributed by atoms with van der Waals surface area (Å²) in [6.45, 7) is 1.72. The van der Waals surface area contributed by atoms with Gasteiger partial charge >= 0.3 is 12.3 Å². The molecule has 0 spiro atoms. The van der Waals surface area contributed by atoms with Crippen LogP contribution in [0.5, 0.6) is 5.75 Å². The molecule has 13 heteroatoms. The van der Waals surface area contributed by atoms with Gasteiger partial charge in [0.25, 0.3) is 5.91 Å². The Balaban J connectivity index is 1.99. The van der Waals surface area contributed by atoms with E-state index in [1.807, 2.05) is 6.92 Å². The van der Waals surface area contributed by atoms with Crippen LogP contribution in [0.1, 0.15) is 59.5 Å². The number of halogens is 6. The highest BCUT2D eigenvalue weighted by atomic mass is 19.4. The number of alkyl halides is 3. The molecule has 0 heterocycles. The average Bonchev–Trinajstić information content (AvgIpc) is 2.90. The van der Waals surface area contributed by atoms with Crippen molar-refractivity contribution in [3.8, 4) is 5.75 Å². The highest BCUT2D eigenvalue weighted by Crippen LogP contribution is 2.39. The molecule has 2 amide bonds. The summed E-state index contributed by atoms with van der Waals surface area (Å²) in [5.41, 5.74) is 0.0187. The van der Waals surface area contributed by atoms with E-state index in [0.717, 1.165) is 12.1 Å². The van der Waals surface area contributed by atoms with Gasteiger partial charge in [-0.3, -0.25) is 14.4 Å². The van der Waals surface area contributed by atoms with Crippen molar-refractivity contribution in [2.75, 3.05) is 11.9 Å². The third-order valence-electron chi connectivity index (χ3n) is 6.24. The summed E-state index contributed by atoms with van der Waals surface area (Å²) >= 11 is 0. The van der Waals surface area contributed by atoms with Gasteiger partial charge in [-0.2, -0.15) is 0 Å². The van der Waals surface area contributed by atoms with E-state index in [9.17, 15) is 40.7 Å². The number of carboxylic acids is 1. The minimum atomic E-state index is -4.96. The second-order valence-corrected chi connectivity index (χ2v) is 9.25. The first-order valence-electron chi connectivity index (χ1n) is 12.7. The van der Waals surface area contributed by atoms with Gasteiger partial charge < -0.3 is 20.5 Å². The number of nitrogens with one attached hydrogen (secondary N) is 2. The smallest absolute Gasteiger partial charge is 0.481 e. The summed E-state index contributed by atoms with van der Waals surface area (Å²) in [6.07, 6.45) is -4.39. The van der Waals surface area contributed by atoms with E-state index >= 15 is 0 Å². The van der Waals surface area contributed by atoms with Crippen LogP contribution in [-0.4, -0.2) is 35.8 Å². The number of anilines is 1. The van der Waals surface area contributed by atoms with Crippen molar-refractivity contribution in [1.29, 1.82) is 0 Å². The normalized spacial score (nSPS) is 12.7. The molecule has 0 saturated heterocycles. The molecule has 0 bridgehead atoms. The Kier molecular flexibility index (Phi) is 10.6. The predicted molar refractivity (Wildman–Crippen MR) is 139 cm³/mol. The topological polar surface area (TPSA) is 105 Å². The molecule has 0 fully saturated rings. The van der Waals surface area contributed by atoms with Crippen molar-refractivity contribution >= 4 is 23.5 Å². The Bertz CT molecular complexity index is 1390. The fourth-order valence-electron chi connectivity index (χ4n) is 4.41. The van der Waals surface area contributed by atoms with Gasteiger partial charge in [0.15, 0.2) is 11.6 Å². The molecule has 3 N–H and O–H groups in total. The molecular weight excluding hydrogens is 570 g/mol. The fourth-order valence-corrected chi connectivity index (χ4v) is 4.41. The van der Waals surface area contributed by atoms with Crippen LogP contribution in [0, 0.1) is 17.5 Å². The van der Waals surface area contributed by atoms with Crippen LogP contribution >= 0.6 is 0 Å². The predicted octanol–water partition coefficient (Wildman–Crippen LogP) is 6.51. The summed E-state index contributed by atoms with van der Waals surface area (Å²) in [4.78, 5) is 36.6. The van der Waals surface area contributed by atoms with Gasteiger partial charge in [-0.25, -0.2) is 13.2 Å². The highest BCUT2D eigenvalue weighted by Gasteiger charge is 2.34. The van der Waals surface area contributed by atoms with Crippen LogP contribution < -0.4 is 15.4 Å². The number of carboxylic acid groups (broad SMARTS) is 1. The number of carbonyl (C=O) groups excluding carboxylic acids is 2. The van der Waals surface area contributed by atoms with Crippen LogP contribution in [-0.2, 0) is 9.59 Å². The van der Waals surface area contributed by atoms with Crippen molar-refractivity contribution < 1.29 is 50.6 Å². The summed E-state index contributed by atoms with van der Waals surface area (Å²) in [5.74, 6) is -8.91. The molecule has 0 unspecified atom stereocenters. The number of amides is 2. The summed E-state index contributed by atoms with van der Waals surface area (Å²) in [7, 11) is 0. The van der Waals surface area contributed by atoms with Crippen LogP contribution in [0.2, 0.25) is 0 Å². The first-order chi connectivity index (χ1) is 19.8. The lowest BCUT2D eigenvalue weighted by atomic mass is 9.78. The van der Waals surface area contributed by atoms with Crippen LogP contribution in [0.15, 0.2) is 60.7 Å². The summed E-state index contributed by atoms with van der Waals surface area (Å²) in [5, 5.41) is 13.3. The van der Waals surface area contributed by atoms with E-state index in [0.29, 0.717) is 30.5 Å². The first kappa shape index (κ1) is 32.0. The second kappa shape index (κ2) is 13.9. The van der Waals surface area contributed by atoms with E-state index in [1.165, 1.54) is 24.3 Å². The van der Waals surface area contributed by atoms with Gasteiger partial charge in [0.2, 0.25) is 5.91 Å². The highest BCUT2D eigenvalue weighted by molar-refractivity contribution is 5.97. The van der Waals surface area contributed by atoms with E-state index in [-0.39, 0.29) is 24.1 Å². The van der Waals surface area contributed by atoms with E-state index < -0.39 is 64.9 Å². The third-order valence-corrected chi connectivity index (χ3v) is 6.24. The lowest BCUT2D eigenvalue weighted by Gasteiger charge is -2.28. The first-order valence-corrected chi connectivity index (χ1v) is 12.7. The van der Waals surface area contributed by atoms with Gasteiger partial charge in [-0.15, -0.1) is 13.2 Å². The molecule has 2 atom stereocenters. The monoisotopic (exact) mass is 596 g/mol. The maximum Gasteiger partial charge on any atom is 0.573 e. The SMILES string of the molecule is CCC[C@@H](c1ccc(C(=O)NCCC(=O)O)cc1)[C@H](C(=O)Nc1c(F)cc(F)cc1F)c1ccc(OC(F)(F)F)cc1. The lowest BCUT2D eigenvalue weighted by molar-refractivity contribution is -0.274. The summed E-state index contributed by atoms with van der Waals surface area (Å²) in [6, 6.07) is 11.2. The molecule has 3 aromatic carbocycles. The van der Waals surface area contributed by atoms with Crippen molar-refractivity contribution in [1.82, 2.24) is 5.32 Å². The molecular formula is C29H26F6N2O5. The lowest BCUT2D eigenvalue weighted by Crippen LogP contribution is -2.28. The number of aliphatic carboxylic acids is 1. The van der Waals surface area contributed by atoms with Gasteiger partial charge in [0.1, 0.15) is 17.3 Å². The molecule has 3 aromatic rings. The second-order valence-electron chi connectivity index (χ2n) is 9.25. The Morgan fingerprint density at radius 3 is 2.00 bits per heavy atom. The minimum Gasteiger partial charge on any atom is -0.481 e. The van der Waals surface area contributed by atoms with Crippen molar-refractivity contribution in [2.45, 2.75) is 44.4 Å². The number of benzene rings is 3. The summed E-state index contributed by atoms with van der Waals surface area (Å²) < 4.78 is 84.1. The molecule has 224 valence electrons. The van der Waals surface area contributed by atoms with E-state index in [4.69, 9.17) is 5.11 Å². The molecule has 7 nitrogen and oxygen atoms in total. The fraction of sp³-hybridized carbons (Fsp3) is 0.276. The Labute approximate surface area is 236 Å². The maximum absolute atomic E-state index is 14.4. The zero-order valence-corrected chi connectivity index (χ0v) is 22.1. The molecule has 0 aliphatic heterocycles. The zero-order chi connectivity index (χ0) is 31.0. The quantitative estimate of drug-likeness (QED) is 0.207. The van der Waals surface area contributed by atoms with Gasteiger partial charge in [0.05, 0.1) is 12.3 Å². The van der Waals surface area contributed by atoms with E-state index in [1.54, 1.807) is 12.1 Å². The molecule has 42 heavy (non-hydrogen) atoms. The molecule has 0 aliphatic carbocycles. The standard InChI is InChI=1S/C29H26F6N2O5/c1-2-3-21(16-4-6-18(7-5-16)27(40)36-13-12-24(38)39)25(17-8-10-20(11-9-17)42-29(33,34)35)28(41)37-26-22(31)14-19(30)15-23(26)32/h4-11,14-15,21,25H,2-3,12-13H2,1H3,(H,36,40)(H,37,41)(H,38,39)/t21-,25+/m0/s1. The van der Waals surface area contributed by atoms with Crippen molar-refractivity contribution in [3.63, 3.8) is 0 Å². The van der Waals surface area contributed by atoms with Crippen molar-refractivity contribution in [2.24, 2.45) is 0 Å². The minimum absolute atomic E-state index is 0.0961. The van der Waals surface area contributed by atoms with Gasteiger partial charge in [-0.05, 0) is 47.7 Å². The van der Waals surface area contributed by atoms with Crippen LogP contribution in [0.4, 0.5) is 32.0 Å². The van der Waals surface area contributed by atoms with Crippen LogP contribution in [0.3, 0.4) is 0 Å². The molecule has 0 aromatic heterocycles. The van der Waals surface area contributed by atoms with Gasteiger partial charge in [-0.1, -0.05) is 37.6 Å². The molecule has 0 aliphatic rings. The number of hydrogen-bond acceptors (Lipinski definition) is 4. The zero-order valence-electron chi connectivity index (χ0n) is 22.1. The molecule has 0 saturated carbocycles. The van der Waals surface area contributed by atoms with Crippen LogP contribution in [0.25, 0.3) is 0 Å². The Morgan fingerprint density at radius 2 is 1.48 bits per heavy atom. The third kappa shape index (κ3) is 8.72. The Hall–Kier alpha value is -4.55. The Morgan fingerprint density at radius 1 is 0.905 bits per heavy atom. The maximum atomic E-state index is 14.4. The van der Waals surface area contributed by atoms with Crippen molar-refractivity contribution in [3.05, 3.63) is 94.8 Å². The number of hydrogen-bond donors (Lipinski definition) is 3. The number of ether oxygens (including phenoxy) is 1. The largest absolute Gasteiger partial charge is 0.573 e. The van der Waals surface area contributed by atoms with E-state index in [2.05, 4.69) is 15.4 Å². The average molecular weight is 597 g/mol. The molecule has 0 radical (unpaired) electrons. The number of carbonyl (C=O) groups is 3. The van der Waals surface area contributed by atoms with Gasteiger partial charge in [0, 0.05) is 24.2 Å².